The number of rotatable bonds is 0. The standard InChI is InChI=1S/C6H6N2O2/c9-5-1-7-3-6(10)4-8-2-5/h1-4,9-10H. The number of aliphatic imine (C=N–C) groups is 2. The highest BCUT2D eigenvalue weighted by Crippen LogP contribution is 1.92. The summed E-state index contributed by atoms with van der Waals surface area (Å²) < 4.78 is 0. The summed E-state index contributed by atoms with van der Waals surface area (Å²) in [6.45, 7) is 0. The van der Waals surface area contributed by atoms with Crippen molar-refractivity contribution in [2.24, 2.45) is 9.98 Å². The quantitative estimate of drug-likeness (QED) is 0.523. The molecule has 0 spiro atoms. The lowest BCUT2D eigenvalue weighted by molar-refractivity contribution is 0.440. The summed E-state index contributed by atoms with van der Waals surface area (Å²) in [7, 11) is 0. The first kappa shape index (κ1) is 6.54. The fourth-order valence-electron chi connectivity index (χ4n) is 0.447. The zero-order valence-electron chi connectivity index (χ0n) is 5.10. The minimum absolute atomic E-state index is 0.0417. The average Bonchev–Trinajstić information content (AvgIpc) is 1.84. The molecule has 10 heavy (non-hydrogen) atoms. The third-order valence-electron chi connectivity index (χ3n) is 0.827. The second-order valence-electron chi connectivity index (χ2n) is 1.66. The van der Waals surface area contributed by atoms with Crippen LogP contribution in [0.25, 0.3) is 0 Å². The molecule has 0 radical (unpaired) electrons. The van der Waals surface area contributed by atoms with Gasteiger partial charge in [0, 0.05) is 0 Å². The molecular formula is C6H6N2O2. The minimum Gasteiger partial charge on any atom is -0.505 e. The monoisotopic (exact) mass is 138 g/mol. The van der Waals surface area contributed by atoms with Crippen molar-refractivity contribution in [2.75, 3.05) is 0 Å². The summed E-state index contributed by atoms with van der Waals surface area (Å²) in [5.74, 6) is -0.0833. The molecule has 1 aliphatic rings. The minimum atomic E-state index is -0.0417. The molecule has 1 rings (SSSR count). The number of hydrogen-bond donors (Lipinski definition) is 2. The molecule has 0 bridgehead atoms. The van der Waals surface area contributed by atoms with Gasteiger partial charge in [-0.25, -0.2) is 0 Å². The van der Waals surface area contributed by atoms with Gasteiger partial charge >= 0.3 is 0 Å². The van der Waals surface area contributed by atoms with Crippen LogP contribution in [0.5, 0.6) is 0 Å². The van der Waals surface area contributed by atoms with Gasteiger partial charge in [-0.1, -0.05) is 0 Å². The van der Waals surface area contributed by atoms with Crippen molar-refractivity contribution in [2.45, 2.75) is 0 Å². The molecule has 1 aliphatic heterocycles. The maximum atomic E-state index is 8.79. The fraction of sp³-hybridized carbons (Fsp3) is 0. The molecular weight excluding hydrogens is 132 g/mol. The number of aliphatic hydroxyl groups is 2. The van der Waals surface area contributed by atoms with E-state index in [4.69, 9.17) is 10.2 Å². The van der Waals surface area contributed by atoms with Crippen molar-refractivity contribution in [3.8, 4) is 0 Å². The summed E-state index contributed by atoms with van der Waals surface area (Å²) in [6, 6.07) is 0. The molecule has 0 aromatic carbocycles. The Morgan fingerprint density at radius 3 is 1.70 bits per heavy atom. The van der Waals surface area contributed by atoms with Crippen LogP contribution in [0.3, 0.4) is 0 Å². The van der Waals surface area contributed by atoms with Crippen LogP contribution in [0.15, 0.2) is 33.9 Å². The van der Waals surface area contributed by atoms with E-state index >= 15 is 0 Å². The van der Waals surface area contributed by atoms with E-state index in [1.807, 2.05) is 0 Å². The van der Waals surface area contributed by atoms with Crippen LogP contribution >= 0.6 is 0 Å². The van der Waals surface area contributed by atoms with E-state index in [1.165, 1.54) is 24.8 Å². The molecule has 0 fully saturated rings. The molecule has 0 saturated carbocycles. The largest absolute Gasteiger partial charge is 0.505 e. The van der Waals surface area contributed by atoms with E-state index in [1.54, 1.807) is 0 Å². The van der Waals surface area contributed by atoms with Crippen LogP contribution in [0.4, 0.5) is 0 Å². The van der Waals surface area contributed by atoms with Crippen LogP contribution in [0, 0.1) is 0 Å². The van der Waals surface area contributed by atoms with E-state index in [0.717, 1.165) is 0 Å². The number of allylic oxidation sites excluding steroid dienone is 2. The van der Waals surface area contributed by atoms with Crippen LogP contribution in [-0.4, -0.2) is 22.6 Å². The highest BCUT2D eigenvalue weighted by molar-refractivity contribution is 5.81. The molecule has 4 nitrogen and oxygen atoms in total. The van der Waals surface area contributed by atoms with E-state index in [0.29, 0.717) is 0 Å². The topological polar surface area (TPSA) is 65.2 Å². The zero-order chi connectivity index (χ0) is 7.40. The fourth-order valence-corrected chi connectivity index (χ4v) is 0.447. The maximum absolute atomic E-state index is 8.79. The lowest BCUT2D eigenvalue weighted by Gasteiger charge is -1.90. The highest BCUT2D eigenvalue weighted by atomic mass is 16.3. The van der Waals surface area contributed by atoms with Crippen molar-refractivity contribution < 1.29 is 10.2 Å². The van der Waals surface area contributed by atoms with Crippen LogP contribution in [-0.2, 0) is 0 Å². The number of aliphatic hydroxyl groups excluding tert-OH is 2. The first-order valence-corrected chi connectivity index (χ1v) is 2.63. The summed E-state index contributed by atoms with van der Waals surface area (Å²) in [6.07, 6.45) is 4.75. The van der Waals surface area contributed by atoms with Crippen molar-refractivity contribution >= 4 is 12.4 Å². The Morgan fingerprint density at radius 1 is 0.900 bits per heavy atom. The molecule has 0 aromatic rings. The molecule has 0 amide bonds. The van der Waals surface area contributed by atoms with Gasteiger partial charge in [-0.15, -0.1) is 0 Å². The lowest BCUT2D eigenvalue weighted by atomic mass is 10.5. The number of nitrogens with zero attached hydrogens (tertiary/aromatic N) is 2. The molecule has 1 heterocycles. The third-order valence-corrected chi connectivity index (χ3v) is 0.827. The Bertz CT molecular complexity index is 212. The van der Waals surface area contributed by atoms with Gasteiger partial charge in [0.25, 0.3) is 0 Å². The zero-order valence-corrected chi connectivity index (χ0v) is 5.10. The smallest absolute Gasteiger partial charge is 0.152 e. The average molecular weight is 138 g/mol. The van der Waals surface area contributed by atoms with E-state index in [9.17, 15) is 0 Å². The van der Waals surface area contributed by atoms with Gasteiger partial charge in [-0.05, 0) is 0 Å². The second-order valence-corrected chi connectivity index (χ2v) is 1.66. The Kier molecular flexibility index (Phi) is 1.84. The second kappa shape index (κ2) is 2.82. The van der Waals surface area contributed by atoms with Crippen LogP contribution in [0.2, 0.25) is 0 Å². The van der Waals surface area contributed by atoms with E-state index < -0.39 is 0 Å². The van der Waals surface area contributed by atoms with Crippen LogP contribution in [0.1, 0.15) is 0 Å². The van der Waals surface area contributed by atoms with Gasteiger partial charge in [-0.2, -0.15) is 0 Å². The Labute approximate surface area is 57.6 Å². The van der Waals surface area contributed by atoms with Gasteiger partial charge in [-0.3, -0.25) is 9.98 Å². The van der Waals surface area contributed by atoms with Crippen molar-refractivity contribution in [1.29, 1.82) is 0 Å². The van der Waals surface area contributed by atoms with Crippen molar-refractivity contribution in [3.63, 3.8) is 0 Å². The first-order chi connectivity index (χ1) is 4.79. The molecule has 0 saturated heterocycles. The highest BCUT2D eigenvalue weighted by Gasteiger charge is 1.88. The van der Waals surface area contributed by atoms with Crippen LogP contribution < -0.4 is 0 Å². The summed E-state index contributed by atoms with van der Waals surface area (Å²) in [5, 5.41) is 17.6. The van der Waals surface area contributed by atoms with E-state index in [2.05, 4.69) is 9.98 Å². The van der Waals surface area contributed by atoms with Gasteiger partial charge in [0.05, 0.1) is 24.8 Å². The maximum Gasteiger partial charge on any atom is 0.152 e. The summed E-state index contributed by atoms with van der Waals surface area (Å²) in [5.41, 5.74) is 0. The van der Waals surface area contributed by atoms with Gasteiger partial charge in [0.15, 0.2) is 11.5 Å². The van der Waals surface area contributed by atoms with Gasteiger partial charge in [0.1, 0.15) is 0 Å². The molecule has 0 aliphatic carbocycles. The Balaban J connectivity index is 2.84. The predicted octanol–water partition coefficient (Wildman–Crippen LogP) is 0.940. The molecule has 0 atom stereocenters. The third kappa shape index (κ3) is 1.74. The molecule has 0 unspecified atom stereocenters. The normalized spacial score (nSPS) is 17.2. The van der Waals surface area contributed by atoms with Crippen molar-refractivity contribution in [3.05, 3.63) is 23.9 Å². The van der Waals surface area contributed by atoms with Gasteiger partial charge < -0.3 is 10.2 Å². The Hall–Kier alpha value is -1.58. The molecule has 2 N–H and O–H groups in total. The van der Waals surface area contributed by atoms with E-state index in [-0.39, 0.29) is 11.5 Å². The summed E-state index contributed by atoms with van der Waals surface area (Å²) in [4.78, 5) is 7.09. The van der Waals surface area contributed by atoms with Gasteiger partial charge in [0.2, 0.25) is 0 Å². The Morgan fingerprint density at radius 2 is 1.30 bits per heavy atom. The number of hydrogen-bond acceptors (Lipinski definition) is 4. The summed E-state index contributed by atoms with van der Waals surface area (Å²) >= 11 is 0. The molecule has 4 heteroatoms. The lowest BCUT2D eigenvalue weighted by Crippen LogP contribution is -1.86. The molecule has 52 valence electrons. The first-order valence-electron chi connectivity index (χ1n) is 2.63. The molecule has 0 aromatic heterocycles. The predicted molar refractivity (Wildman–Crippen MR) is 38.4 cm³/mol. The van der Waals surface area contributed by atoms with Crippen molar-refractivity contribution in [1.82, 2.24) is 0 Å². The SMILES string of the molecule is OC1=CN=CC(O)=CN=C1.